The highest BCUT2D eigenvalue weighted by Crippen LogP contribution is 2.15. The average Bonchev–Trinajstić information content (AvgIpc) is 2.58. The molecule has 0 heterocycles. The monoisotopic (exact) mass is 379 g/mol. The summed E-state index contributed by atoms with van der Waals surface area (Å²) in [6.45, 7) is 5.19. The zero-order valence-corrected chi connectivity index (χ0v) is 17.1. The minimum atomic E-state index is -0.141. The Kier molecular flexibility index (Phi) is 13.0. The average molecular weight is 380 g/mol. The molecule has 0 atom stereocenters. The highest BCUT2D eigenvalue weighted by atomic mass is 32.2. The van der Waals surface area contributed by atoms with E-state index in [2.05, 4.69) is 6.58 Å². The van der Waals surface area contributed by atoms with Gasteiger partial charge in [-0.2, -0.15) is 5.06 Å². The quantitative estimate of drug-likeness (QED) is 0.283. The van der Waals surface area contributed by atoms with Crippen LogP contribution < -0.4 is 0 Å². The van der Waals surface area contributed by atoms with Crippen LogP contribution in [0.25, 0.3) is 6.08 Å². The Morgan fingerprint density at radius 2 is 1.88 bits per heavy atom. The van der Waals surface area contributed by atoms with E-state index in [4.69, 9.17) is 9.02 Å². The van der Waals surface area contributed by atoms with Crippen molar-refractivity contribution >= 4 is 24.1 Å². The van der Waals surface area contributed by atoms with Crippen LogP contribution in [0.4, 0.5) is 0 Å². The molecule has 0 bridgehead atoms. The first kappa shape index (κ1) is 22.7. The van der Waals surface area contributed by atoms with E-state index in [-0.39, 0.29) is 5.97 Å². The molecule has 1 aromatic rings. The van der Waals surface area contributed by atoms with Gasteiger partial charge < -0.3 is 4.18 Å². The van der Waals surface area contributed by atoms with E-state index in [9.17, 15) is 4.79 Å². The number of hydroxylamine groups is 2. The Morgan fingerprint density at radius 1 is 1.19 bits per heavy atom. The highest BCUT2D eigenvalue weighted by Gasteiger charge is 2.04. The molecule has 4 nitrogen and oxygen atoms in total. The van der Waals surface area contributed by atoms with Crippen molar-refractivity contribution in [3.63, 3.8) is 0 Å². The van der Waals surface area contributed by atoms with E-state index in [0.29, 0.717) is 13.0 Å². The van der Waals surface area contributed by atoms with Gasteiger partial charge in [-0.25, -0.2) is 0 Å². The van der Waals surface area contributed by atoms with Crippen LogP contribution in [-0.2, 0) is 20.4 Å². The lowest BCUT2D eigenvalue weighted by Gasteiger charge is -2.17. The number of carbonyl (C=O) groups excluding carboxylic acids is 1. The fraction of sp³-hybridized carbons (Fsp3) is 0.571. The largest absolute Gasteiger partial charge is 0.392 e. The van der Waals surface area contributed by atoms with Crippen LogP contribution in [0.15, 0.2) is 30.8 Å². The van der Waals surface area contributed by atoms with Crippen LogP contribution in [0.2, 0.25) is 0 Å². The Bertz CT molecular complexity index is 514. The second-order valence-electron chi connectivity index (χ2n) is 6.37. The summed E-state index contributed by atoms with van der Waals surface area (Å²) < 4.78 is 4.81. The van der Waals surface area contributed by atoms with Crippen LogP contribution in [0.5, 0.6) is 0 Å². The predicted octanol–water partition coefficient (Wildman–Crippen LogP) is 5.64. The van der Waals surface area contributed by atoms with Crippen molar-refractivity contribution in [2.24, 2.45) is 0 Å². The summed E-state index contributed by atoms with van der Waals surface area (Å²) in [5.41, 5.74) is 2.23. The minimum absolute atomic E-state index is 0.141. The maximum atomic E-state index is 11.2. The molecule has 146 valence electrons. The first-order valence-corrected chi connectivity index (χ1v) is 10.6. The maximum Gasteiger partial charge on any atom is 0.317 e. The molecular formula is C21H33NO3S. The van der Waals surface area contributed by atoms with Crippen molar-refractivity contribution in [3.05, 3.63) is 42.0 Å². The molecule has 0 aromatic heterocycles. The number of hydrogen-bond acceptors (Lipinski definition) is 5. The summed E-state index contributed by atoms with van der Waals surface area (Å²) >= 11 is 1.10. The molecule has 0 unspecified atom stereocenters. The molecule has 1 aliphatic rings. The molecule has 0 aliphatic heterocycles. The molecule has 0 saturated heterocycles. The van der Waals surface area contributed by atoms with Gasteiger partial charge in [0.15, 0.2) is 0 Å². The molecule has 0 radical (unpaired) electrons. The molecular weight excluding hydrogens is 346 g/mol. The van der Waals surface area contributed by atoms with Crippen LogP contribution in [0.3, 0.4) is 0 Å². The Morgan fingerprint density at radius 3 is 2.50 bits per heavy atom. The maximum absolute atomic E-state index is 11.2. The van der Waals surface area contributed by atoms with E-state index in [0.717, 1.165) is 49.0 Å². The summed E-state index contributed by atoms with van der Waals surface area (Å²) in [7, 11) is 1.93. The summed E-state index contributed by atoms with van der Waals surface area (Å²) in [6, 6.07) is 8.06. The predicted molar refractivity (Wildman–Crippen MR) is 110 cm³/mol. The lowest BCUT2D eigenvalue weighted by atomic mass is 10.0. The van der Waals surface area contributed by atoms with Crippen molar-refractivity contribution in [1.82, 2.24) is 5.06 Å². The van der Waals surface area contributed by atoms with Gasteiger partial charge >= 0.3 is 5.97 Å². The number of unbranched alkanes of at least 4 members (excludes halogenated alkanes) is 2. The SMILES string of the molecule is C1CCC1.C=Cc1ccccc1CON(C)CCCCCC(=O)OSC. The van der Waals surface area contributed by atoms with E-state index < -0.39 is 0 Å². The molecule has 2 rings (SSSR count). The van der Waals surface area contributed by atoms with E-state index in [1.54, 1.807) is 6.26 Å². The van der Waals surface area contributed by atoms with Crippen LogP contribution in [-0.4, -0.2) is 30.9 Å². The van der Waals surface area contributed by atoms with Gasteiger partial charge in [-0.3, -0.25) is 9.63 Å². The van der Waals surface area contributed by atoms with Gasteiger partial charge in [-0.1, -0.05) is 69.0 Å². The first-order chi connectivity index (χ1) is 12.7. The van der Waals surface area contributed by atoms with Gasteiger partial charge in [-0.05, 0) is 24.0 Å². The number of rotatable bonds is 11. The number of hydrogen-bond donors (Lipinski definition) is 0. The van der Waals surface area contributed by atoms with Crippen molar-refractivity contribution in [2.45, 2.75) is 58.0 Å². The molecule has 0 amide bonds. The number of benzene rings is 1. The van der Waals surface area contributed by atoms with Gasteiger partial charge in [0.05, 0.1) is 18.6 Å². The van der Waals surface area contributed by atoms with Crippen molar-refractivity contribution in [2.75, 3.05) is 19.8 Å². The first-order valence-electron chi connectivity index (χ1n) is 9.45. The van der Waals surface area contributed by atoms with E-state index in [1.165, 1.54) is 25.7 Å². The molecule has 1 fully saturated rings. The lowest BCUT2D eigenvalue weighted by Crippen LogP contribution is -2.20. The topological polar surface area (TPSA) is 38.8 Å². The van der Waals surface area contributed by atoms with E-state index >= 15 is 0 Å². The fourth-order valence-electron chi connectivity index (χ4n) is 2.27. The molecule has 0 spiro atoms. The number of carbonyl (C=O) groups is 1. The van der Waals surface area contributed by atoms with Crippen molar-refractivity contribution in [3.8, 4) is 0 Å². The third-order valence-electron chi connectivity index (χ3n) is 4.25. The Labute approximate surface area is 163 Å². The van der Waals surface area contributed by atoms with Gasteiger partial charge in [0.1, 0.15) is 0 Å². The van der Waals surface area contributed by atoms with Crippen LogP contribution in [0.1, 0.15) is 62.5 Å². The molecule has 1 aliphatic carbocycles. The smallest absolute Gasteiger partial charge is 0.317 e. The molecule has 5 heteroatoms. The minimum Gasteiger partial charge on any atom is -0.392 e. The van der Waals surface area contributed by atoms with E-state index in [1.807, 2.05) is 42.5 Å². The van der Waals surface area contributed by atoms with Gasteiger partial charge in [0.25, 0.3) is 0 Å². The molecule has 1 saturated carbocycles. The van der Waals surface area contributed by atoms with Crippen molar-refractivity contribution < 1.29 is 13.8 Å². The van der Waals surface area contributed by atoms with Crippen molar-refractivity contribution in [1.29, 1.82) is 0 Å². The normalized spacial score (nSPS) is 12.7. The Balaban J connectivity index is 0.000000739. The summed E-state index contributed by atoms with van der Waals surface area (Å²) in [6.07, 6.45) is 12.9. The second-order valence-corrected chi connectivity index (χ2v) is 6.87. The van der Waals surface area contributed by atoms with Crippen LogP contribution in [0, 0.1) is 0 Å². The zero-order valence-electron chi connectivity index (χ0n) is 16.2. The molecule has 1 aromatic carbocycles. The summed E-state index contributed by atoms with van der Waals surface area (Å²) in [5.74, 6) is -0.141. The second kappa shape index (κ2) is 14.8. The summed E-state index contributed by atoms with van der Waals surface area (Å²) in [4.78, 5) is 16.9. The third kappa shape index (κ3) is 10.6. The highest BCUT2D eigenvalue weighted by molar-refractivity contribution is 7.94. The van der Waals surface area contributed by atoms with Gasteiger partial charge in [-0.15, -0.1) is 0 Å². The van der Waals surface area contributed by atoms with Crippen LogP contribution >= 0.6 is 12.0 Å². The number of nitrogens with zero attached hydrogens (tertiary/aromatic N) is 1. The zero-order chi connectivity index (χ0) is 19.0. The third-order valence-corrected chi connectivity index (χ3v) is 4.60. The Hall–Kier alpha value is -1.30. The molecule has 26 heavy (non-hydrogen) atoms. The van der Waals surface area contributed by atoms with Gasteiger partial charge in [0, 0.05) is 26.3 Å². The lowest BCUT2D eigenvalue weighted by molar-refractivity contribution is -0.151. The summed E-state index contributed by atoms with van der Waals surface area (Å²) in [5, 5.41) is 1.85. The molecule has 0 N–H and O–H groups in total. The fourth-order valence-corrected chi connectivity index (χ4v) is 2.54. The van der Waals surface area contributed by atoms with Gasteiger partial charge in [0.2, 0.25) is 0 Å². The standard InChI is InChI=1S/C17H25NO3S.C4H8/c1-4-15-10-7-8-11-16(15)14-20-18(2)13-9-5-6-12-17(19)21-22-3;1-2-4-3-1/h4,7-8,10-11H,1,5-6,9,12-14H2,2-3H3;1-4H2.